The van der Waals surface area contributed by atoms with Gasteiger partial charge in [0.05, 0.1) is 16.7 Å². The lowest BCUT2D eigenvalue weighted by atomic mass is 10.1. The van der Waals surface area contributed by atoms with E-state index >= 15 is 0 Å². The fourth-order valence-electron chi connectivity index (χ4n) is 3.52. The molecule has 0 aliphatic heterocycles. The highest BCUT2D eigenvalue weighted by molar-refractivity contribution is 7.99. The van der Waals surface area contributed by atoms with Gasteiger partial charge in [0.15, 0.2) is 5.16 Å². The monoisotopic (exact) mass is 467 g/mol. The third-order valence-corrected chi connectivity index (χ3v) is 7.82. The van der Waals surface area contributed by atoms with Crippen LogP contribution in [0.25, 0.3) is 11.0 Å². The lowest BCUT2D eigenvalue weighted by Gasteiger charge is -2.13. The first-order chi connectivity index (χ1) is 15.1. The number of H-pyrrole nitrogens is 1. The average molecular weight is 468 g/mol. The molecule has 0 bridgehead atoms. The molecule has 0 radical (unpaired) electrons. The van der Waals surface area contributed by atoms with Crippen molar-refractivity contribution < 1.29 is 0 Å². The van der Waals surface area contributed by atoms with Crippen LogP contribution in [0.3, 0.4) is 0 Å². The second-order valence-electron chi connectivity index (χ2n) is 7.62. The van der Waals surface area contributed by atoms with E-state index in [0.717, 1.165) is 44.8 Å². The Morgan fingerprint density at radius 2 is 1.77 bits per heavy atom. The molecule has 1 N–H and O–H groups in total. The zero-order valence-corrected chi connectivity index (χ0v) is 20.2. The van der Waals surface area contributed by atoms with Crippen LogP contribution in [0.15, 0.2) is 64.8 Å². The number of benzene rings is 2. The van der Waals surface area contributed by atoms with Gasteiger partial charge in [-0.25, -0.2) is 4.98 Å². The number of para-hydroxylation sites is 2. The van der Waals surface area contributed by atoms with Crippen LogP contribution in [0.2, 0.25) is 5.02 Å². The summed E-state index contributed by atoms with van der Waals surface area (Å²) in [4.78, 5) is 14.1. The number of imidazole rings is 1. The number of hydrogen-bond donors (Lipinski definition) is 1. The highest BCUT2D eigenvalue weighted by Gasteiger charge is 2.11. The summed E-state index contributed by atoms with van der Waals surface area (Å²) in [5.41, 5.74) is 7.14. The molecule has 2 heterocycles. The highest BCUT2D eigenvalue weighted by atomic mass is 35.5. The molecule has 2 aromatic carbocycles. The van der Waals surface area contributed by atoms with Gasteiger partial charge in [-0.3, -0.25) is 4.98 Å². The fraction of sp³-hybridized carbons (Fsp3) is 0.280. The first-order valence-corrected chi connectivity index (χ1v) is 12.8. The molecule has 31 heavy (non-hydrogen) atoms. The van der Waals surface area contributed by atoms with Crippen molar-refractivity contribution in [3.63, 3.8) is 0 Å². The van der Waals surface area contributed by atoms with Gasteiger partial charge in [-0.1, -0.05) is 47.6 Å². The Bertz CT molecular complexity index is 1120. The van der Waals surface area contributed by atoms with Crippen molar-refractivity contribution in [3.05, 3.63) is 82.1 Å². The molecule has 4 rings (SSSR count). The molecule has 6 heteroatoms. The zero-order valence-electron chi connectivity index (χ0n) is 17.8. The summed E-state index contributed by atoms with van der Waals surface area (Å²) in [5.74, 6) is 1.94. The zero-order chi connectivity index (χ0) is 21.6. The predicted octanol–water partition coefficient (Wildman–Crippen LogP) is 7.64. The van der Waals surface area contributed by atoms with Crippen molar-refractivity contribution in [1.29, 1.82) is 0 Å². The van der Waals surface area contributed by atoms with Crippen LogP contribution in [0.4, 0.5) is 0 Å². The molecule has 0 atom stereocenters. The van der Waals surface area contributed by atoms with Crippen LogP contribution in [-0.2, 0) is 12.2 Å². The topological polar surface area (TPSA) is 41.6 Å². The number of aryl methyl sites for hydroxylation is 2. The number of halogens is 1. The van der Waals surface area contributed by atoms with Gasteiger partial charge >= 0.3 is 0 Å². The second-order valence-corrected chi connectivity index (χ2v) is 10.1. The number of aromatic amines is 1. The van der Waals surface area contributed by atoms with E-state index in [0.29, 0.717) is 0 Å². The number of hydrogen-bond acceptors (Lipinski definition) is 4. The Labute approximate surface area is 197 Å². The van der Waals surface area contributed by atoms with Crippen molar-refractivity contribution in [2.24, 2.45) is 0 Å². The van der Waals surface area contributed by atoms with E-state index in [1.165, 1.54) is 34.4 Å². The van der Waals surface area contributed by atoms with E-state index in [9.17, 15) is 0 Å². The molecule has 0 amide bonds. The van der Waals surface area contributed by atoms with Crippen LogP contribution in [0.1, 0.15) is 35.2 Å². The summed E-state index contributed by atoms with van der Waals surface area (Å²) in [6, 6.07) is 16.3. The second kappa shape index (κ2) is 10.6. The number of thioether (sulfide) groups is 2. The average Bonchev–Trinajstić information content (AvgIpc) is 3.19. The Balaban J connectivity index is 1.31. The fourth-order valence-corrected chi connectivity index (χ4v) is 5.72. The summed E-state index contributed by atoms with van der Waals surface area (Å²) in [6.07, 6.45) is 5.49. The van der Waals surface area contributed by atoms with Crippen LogP contribution < -0.4 is 0 Å². The number of pyridine rings is 1. The summed E-state index contributed by atoms with van der Waals surface area (Å²) < 4.78 is 0. The molecule has 0 unspecified atom stereocenters. The largest absolute Gasteiger partial charge is 0.333 e. The summed E-state index contributed by atoms with van der Waals surface area (Å²) in [7, 11) is 0. The highest BCUT2D eigenvalue weighted by Crippen LogP contribution is 2.31. The number of nitrogens with zero attached hydrogens (tertiary/aromatic N) is 2. The SMILES string of the molecule is Cc1cnc(CSc2nc3ccccc3[nH]2)c(C)c1SCCCCc1ccc(Cl)cc1. The van der Waals surface area contributed by atoms with E-state index in [1.807, 2.05) is 48.3 Å². The van der Waals surface area contributed by atoms with E-state index in [2.05, 4.69) is 42.0 Å². The van der Waals surface area contributed by atoms with Crippen molar-refractivity contribution in [2.75, 3.05) is 5.75 Å². The van der Waals surface area contributed by atoms with E-state index in [1.54, 1.807) is 11.8 Å². The molecule has 0 aliphatic carbocycles. The minimum absolute atomic E-state index is 0.803. The quantitative estimate of drug-likeness (QED) is 0.203. The minimum Gasteiger partial charge on any atom is -0.333 e. The molecular weight excluding hydrogens is 442 g/mol. The minimum atomic E-state index is 0.803. The number of nitrogens with one attached hydrogen (secondary N) is 1. The Morgan fingerprint density at radius 3 is 2.58 bits per heavy atom. The Kier molecular flexibility index (Phi) is 7.59. The first kappa shape index (κ1) is 22.3. The van der Waals surface area contributed by atoms with Crippen molar-refractivity contribution in [1.82, 2.24) is 15.0 Å². The number of aromatic nitrogens is 3. The van der Waals surface area contributed by atoms with Crippen molar-refractivity contribution in [2.45, 2.75) is 48.9 Å². The smallest absolute Gasteiger partial charge is 0.166 e. The van der Waals surface area contributed by atoms with E-state index < -0.39 is 0 Å². The Hall–Kier alpha value is -1.95. The summed E-state index contributed by atoms with van der Waals surface area (Å²) in [5, 5.41) is 1.75. The summed E-state index contributed by atoms with van der Waals surface area (Å²) in [6.45, 7) is 4.36. The normalized spacial score (nSPS) is 11.3. The van der Waals surface area contributed by atoms with Crippen molar-refractivity contribution >= 4 is 46.2 Å². The molecule has 0 saturated heterocycles. The molecule has 3 nitrogen and oxygen atoms in total. The molecule has 160 valence electrons. The molecule has 0 aliphatic rings. The molecule has 4 aromatic rings. The van der Waals surface area contributed by atoms with Crippen LogP contribution in [-0.4, -0.2) is 20.7 Å². The van der Waals surface area contributed by atoms with Gasteiger partial charge in [-0.2, -0.15) is 0 Å². The van der Waals surface area contributed by atoms with Crippen LogP contribution in [0, 0.1) is 13.8 Å². The van der Waals surface area contributed by atoms with E-state index in [4.69, 9.17) is 16.6 Å². The van der Waals surface area contributed by atoms with Gasteiger partial charge in [-0.15, -0.1) is 11.8 Å². The van der Waals surface area contributed by atoms with Gasteiger partial charge in [0.25, 0.3) is 0 Å². The van der Waals surface area contributed by atoms with Gasteiger partial charge in [0.2, 0.25) is 0 Å². The maximum absolute atomic E-state index is 5.97. The van der Waals surface area contributed by atoms with Crippen molar-refractivity contribution in [3.8, 4) is 0 Å². The van der Waals surface area contributed by atoms with E-state index in [-0.39, 0.29) is 0 Å². The molecule has 2 aromatic heterocycles. The number of unbranched alkanes of at least 4 members (excludes halogenated alkanes) is 1. The van der Waals surface area contributed by atoms with Crippen LogP contribution >= 0.6 is 35.1 Å². The molecule has 0 saturated carbocycles. The maximum Gasteiger partial charge on any atom is 0.166 e. The van der Waals surface area contributed by atoms with Gasteiger partial charge in [-0.05, 0) is 79.8 Å². The lowest BCUT2D eigenvalue weighted by molar-refractivity contribution is 0.802. The number of rotatable bonds is 9. The van der Waals surface area contributed by atoms with Gasteiger partial charge in [0.1, 0.15) is 0 Å². The predicted molar refractivity (Wildman–Crippen MR) is 134 cm³/mol. The first-order valence-electron chi connectivity index (χ1n) is 10.5. The maximum atomic E-state index is 5.97. The lowest BCUT2D eigenvalue weighted by Crippen LogP contribution is -1.98. The third-order valence-electron chi connectivity index (χ3n) is 5.28. The number of fused-ring (bicyclic) bond motifs is 1. The summed E-state index contributed by atoms with van der Waals surface area (Å²) >= 11 is 9.63. The molecule has 0 spiro atoms. The van der Waals surface area contributed by atoms with Gasteiger partial charge in [0, 0.05) is 21.9 Å². The standard InChI is InChI=1S/C25H26ClN3S2/c1-17-15-27-23(16-31-25-28-21-8-3-4-9-22(21)29-25)18(2)24(17)30-14-6-5-7-19-10-12-20(26)13-11-19/h3-4,8-13,15H,5-7,14,16H2,1-2H3,(H,28,29). The van der Waals surface area contributed by atoms with Gasteiger partial charge < -0.3 is 4.98 Å². The Morgan fingerprint density at radius 1 is 0.968 bits per heavy atom. The molecule has 0 fully saturated rings. The molecular formula is C25H26ClN3S2. The third kappa shape index (κ3) is 5.85. The van der Waals surface area contributed by atoms with Crippen LogP contribution in [0.5, 0.6) is 0 Å².